The summed E-state index contributed by atoms with van der Waals surface area (Å²) in [5.41, 5.74) is 0.466. The van der Waals surface area contributed by atoms with Crippen molar-refractivity contribution in [3.05, 3.63) is 23.9 Å². The standard InChI is InChI=1S/C14H22N4O/c1-3-18-9-5-6-11(18)10-16-14(19)12-7-4-8-13(15-2)17-12/h4,7-8,11H,3,5-6,9-10H2,1-2H3,(H,15,17)(H,16,19). The largest absolute Gasteiger partial charge is 0.373 e. The van der Waals surface area contributed by atoms with Crippen LogP contribution in [0.25, 0.3) is 0 Å². The van der Waals surface area contributed by atoms with Crippen LogP contribution in [0.5, 0.6) is 0 Å². The number of nitrogens with zero attached hydrogens (tertiary/aromatic N) is 2. The fourth-order valence-electron chi connectivity index (χ4n) is 2.54. The van der Waals surface area contributed by atoms with Crippen LogP contribution in [-0.4, -0.2) is 48.5 Å². The molecule has 0 aliphatic carbocycles. The highest BCUT2D eigenvalue weighted by atomic mass is 16.1. The van der Waals surface area contributed by atoms with E-state index in [0.29, 0.717) is 24.1 Å². The molecule has 19 heavy (non-hydrogen) atoms. The number of hydrogen-bond donors (Lipinski definition) is 2. The zero-order chi connectivity index (χ0) is 13.7. The van der Waals surface area contributed by atoms with Gasteiger partial charge >= 0.3 is 0 Å². The number of carbonyl (C=O) groups excluding carboxylic acids is 1. The minimum Gasteiger partial charge on any atom is -0.373 e. The Kier molecular flexibility index (Phi) is 4.74. The van der Waals surface area contributed by atoms with E-state index in [1.165, 1.54) is 6.42 Å². The molecule has 5 heteroatoms. The normalized spacial score (nSPS) is 19.4. The van der Waals surface area contributed by atoms with Gasteiger partial charge in [-0.1, -0.05) is 13.0 Å². The molecule has 1 unspecified atom stereocenters. The lowest BCUT2D eigenvalue weighted by Gasteiger charge is -2.22. The van der Waals surface area contributed by atoms with Gasteiger partial charge in [0.15, 0.2) is 0 Å². The first-order valence-electron chi connectivity index (χ1n) is 6.91. The van der Waals surface area contributed by atoms with Gasteiger partial charge in [-0.3, -0.25) is 9.69 Å². The second kappa shape index (κ2) is 6.52. The van der Waals surface area contributed by atoms with Crippen LogP contribution < -0.4 is 10.6 Å². The quantitative estimate of drug-likeness (QED) is 0.840. The number of likely N-dealkylation sites (N-methyl/N-ethyl adjacent to an activating group) is 1. The topological polar surface area (TPSA) is 57.3 Å². The minimum atomic E-state index is -0.0972. The minimum absolute atomic E-state index is 0.0972. The molecule has 1 fully saturated rings. The number of pyridine rings is 1. The van der Waals surface area contributed by atoms with Gasteiger partial charge < -0.3 is 10.6 Å². The van der Waals surface area contributed by atoms with Crippen molar-refractivity contribution in [2.45, 2.75) is 25.8 Å². The molecule has 1 atom stereocenters. The first-order valence-corrected chi connectivity index (χ1v) is 6.91. The van der Waals surface area contributed by atoms with Crippen molar-refractivity contribution in [2.24, 2.45) is 0 Å². The van der Waals surface area contributed by atoms with E-state index in [4.69, 9.17) is 0 Å². The third-order valence-corrected chi connectivity index (χ3v) is 3.64. The van der Waals surface area contributed by atoms with Gasteiger partial charge in [-0.05, 0) is 38.1 Å². The van der Waals surface area contributed by atoms with E-state index >= 15 is 0 Å². The number of carbonyl (C=O) groups is 1. The first-order chi connectivity index (χ1) is 9.24. The molecule has 0 radical (unpaired) electrons. The first kappa shape index (κ1) is 13.8. The average Bonchev–Trinajstić information content (AvgIpc) is 2.92. The van der Waals surface area contributed by atoms with Crippen LogP contribution in [-0.2, 0) is 0 Å². The molecule has 104 valence electrons. The average molecular weight is 262 g/mol. The Labute approximate surface area is 114 Å². The van der Waals surface area contributed by atoms with E-state index in [9.17, 15) is 4.79 Å². The predicted octanol–water partition coefficient (Wildman–Crippen LogP) is 1.34. The molecule has 0 spiro atoms. The van der Waals surface area contributed by atoms with Crippen LogP contribution in [0.2, 0.25) is 0 Å². The lowest BCUT2D eigenvalue weighted by atomic mass is 10.2. The molecule has 2 N–H and O–H groups in total. The van der Waals surface area contributed by atoms with E-state index < -0.39 is 0 Å². The van der Waals surface area contributed by atoms with Crippen molar-refractivity contribution in [3.63, 3.8) is 0 Å². The third kappa shape index (κ3) is 3.44. The van der Waals surface area contributed by atoms with Crippen LogP contribution in [0.3, 0.4) is 0 Å². The summed E-state index contributed by atoms with van der Waals surface area (Å²) in [5.74, 6) is 0.615. The number of amides is 1. The van der Waals surface area contributed by atoms with Gasteiger partial charge in [0, 0.05) is 19.6 Å². The van der Waals surface area contributed by atoms with Gasteiger partial charge in [0.05, 0.1) is 0 Å². The molecular weight excluding hydrogens is 240 g/mol. The van der Waals surface area contributed by atoms with E-state index in [1.807, 2.05) is 12.1 Å². The van der Waals surface area contributed by atoms with E-state index in [0.717, 1.165) is 19.5 Å². The monoisotopic (exact) mass is 262 g/mol. The van der Waals surface area contributed by atoms with Crippen LogP contribution in [0.1, 0.15) is 30.3 Å². The summed E-state index contributed by atoms with van der Waals surface area (Å²) >= 11 is 0. The Bertz CT molecular complexity index is 435. The second-order valence-corrected chi connectivity index (χ2v) is 4.79. The fraction of sp³-hybridized carbons (Fsp3) is 0.571. The Morgan fingerprint density at radius 2 is 2.37 bits per heavy atom. The molecule has 1 aliphatic heterocycles. The molecule has 1 saturated heterocycles. The van der Waals surface area contributed by atoms with Crippen molar-refractivity contribution in [1.29, 1.82) is 0 Å². The van der Waals surface area contributed by atoms with Crippen molar-refractivity contribution >= 4 is 11.7 Å². The summed E-state index contributed by atoms with van der Waals surface area (Å²) in [4.78, 5) is 18.7. The van der Waals surface area contributed by atoms with Crippen LogP contribution in [0, 0.1) is 0 Å². The van der Waals surface area contributed by atoms with E-state index in [2.05, 4.69) is 27.4 Å². The van der Waals surface area contributed by atoms with Gasteiger partial charge in [-0.25, -0.2) is 4.98 Å². The fourth-order valence-corrected chi connectivity index (χ4v) is 2.54. The lowest BCUT2D eigenvalue weighted by Crippen LogP contribution is -2.40. The number of aromatic nitrogens is 1. The summed E-state index contributed by atoms with van der Waals surface area (Å²) in [6.07, 6.45) is 2.39. The van der Waals surface area contributed by atoms with E-state index in [-0.39, 0.29) is 5.91 Å². The van der Waals surface area contributed by atoms with E-state index in [1.54, 1.807) is 13.1 Å². The summed E-state index contributed by atoms with van der Waals surface area (Å²) in [6.45, 7) is 5.06. The highest BCUT2D eigenvalue weighted by molar-refractivity contribution is 5.92. The molecule has 1 aromatic heterocycles. The predicted molar refractivity (Wildman–Crippen MR) is 76.4 cm³/mol. The van der Waals surface area contributed by atoms with Gasteiger partial charge in [-0.2, -0.15) is 0 Å². The van der Waals surface area contributed by atoms with Crippen molar-refractivity contribution in [1.82, 2.24) is 15.2 Å². The molecule has 0 bridgehead atoms. The number of likely N-dealkylation sites (tertiary alicyclic amines) is 1. The number of rotatable bonds is 5. The van der Waals surface area contributed by atoms with Gasteiger partial charge in [0.2, 0.25) is 0 Å². The van der Waals surface area contributed by atoms with Crippen LogP contribution >= 0.6 is 0 Å². The molecule has 1 amide bonds. The highest BCUT2D eigenvalue weighted by Crippen LogP contribution is 2.15. The van der Waals surface area contributed by atoms with Crippen LogP contribution in [0.4, 0.5) is 5.82 Å². The highest BCUT2D eigenvalue weighted by Gasteiger charge is 2.23. The summed E-state index contributed by atoms with van der Waals surface area (Å²) in [7, 11) is 1.79. The van der Waals surface area contributed by atoms with Crippen molar-refractivity contribution in [2.75, 3.05) is 32.0 Å². The van der Waals surface area contributed by atoms with Crippen LogP contribution in [0.15, 0.2) is 18.2 Å². The lowest BCUT2D eigenvalue weighted by molar-refractivity contribution is 0.0936. The smallest absolute Gasteiger partial charge is 0.270 e. The summed E-state index contributed by atoms with van der Waals surface area (Å²) < 4.78 is 0. The summed E-state index contributed by atoms with van der Waals surface area (Å²) in [5, 5.41) is 5.92. The van der Waals surface area contributed by atoms with Crippen molar-refractivity contribution in [3.8, 4) is 0 Å². The third-order valence-electron chi connectivity index (χ3n) is 3.64. The molecular formula is C14H22N4O. The maximum absolute atomic E-state index is 12.0. The molecule has 2 heterocycles. The second-order valence-electron chi connectivity index (χ2n) is 4.79. The zero-order valence-electron chi connectivity index (χ0n) is 11.6. The molecule has 2 rings (SSSR count). The Hall–Kier alpha value is -1.62. The molecule has 0 aromatic carbocycles. The Morgan fingerprint density at radius 3 is 3.11 bits per heavy atom. The molecule has 5 nitrogen and oxygen atoms in total. The summed E-state index contributed by atoms with van der Waals surface area (Å²) in [6, 6.07) is 5.89. The SMILES string of the molecule is CCN1CCCC1CNC(=O)c1cccc(NC)n1. The maximum Gasteiger partial charge on any atom is 0.270 e. The number of hydrogen-bond acceptors (Lipinski definition) is 4. The van der Waals surface area contributed by atoms with Gasteiger partial charge in [0.1, 0.15) is 11.5 Å². The van der Waals surface area contributed by atoms with Gasteiger partial charge in [0.25, 0.3) is 5.91 Å². The Morgan fingerprint density at radius 1 is 1.53 bits per heavy atom. The van der Waals surface area contributed by atoms with Crippen molar-refractivity contribution < 1.29 is 4.79 Å². The molecule has 0 saturated carbocycles. The number of anilines is 1. The number of nitrogens with one attached hydrogen (secondary N) is 2. The zero-order valence-corrected chi connectivity index (χ0v) is 11.6. The molecule has 1 aliphatic rings. The van der Waals surface area contributed by atoms with Gasteiger partial charge in [-0.15, -0.1) is 0 Å². The molecule has 1 aromatic rings. The maximum atomic E-state index is 12.0. The Balaban J connectivity index is 1.90.